The van der Waals surface area contributed by atoms with Gasteiger partial charge in [0, 0.05) is 12.1 Å². The Morgan fingerprint density at radius 2 is 1.29 bits per heavy atom. The molecule has 1 aliphatic carbocycles. The van der Waals surface area contributed by atoms with Crippen molar-refractivity contribution in [3.8, 4) is 0 Å². The third-order valence-corrected chi connectivity index (χ3v) is 7.02. The van der Waals surface area contributed by atoms with Gasteiger partial charge in [0.05, 0.1) is 9.79 Å². The Morgan fingerprint density at radius 3 is 1.75 bits per heavy atom. The predicted octanol–water partition coefficient (Wildman–Crippen LogP) is 0.579. The van der Waals surface area contributed by atoms with E-state index in [1.54, 1.807) is 0 Å². The zero-order chi connectivity index (χ0) is 16.5. The molecule has 1 aromatic carbocycles. The van der Waals surface area contributed by atoms with E-state index in [1.165, 1.54) is 24.3 Å². The molecule has 0 bridgehead atoms. The first-order valence-corrected chi connectivity index (χ1v) is 10.7. The quantitative estimate of drug-likeness (QED) is 0.653. The SMILES string of the molecule is Cl.O=S(=O)(NC1CCNCC1)c1cccc(S(=O)(=O)NC2CC2)c1. The molecule has 0 aromatic heterocycles. The van der Waals surface area contributed by atoms with Crippen LogP contribution in [0.25, 0.3) is 0 Å². The normalized spacial score (nSPS) is 19.7. The van der Waals surface area contributed by atoms with Crippen molar-refractivity contribution in [1.82, 2.24) is 14.8 Å². The molecule has 1 saturated heterocycles. The summed E-state index contributed by atoms with van der Waals surface area (Å²) >= 11 is 0. The molecule has 0 amide bonds. The van der Waals surface area contributed by atoms with Crippen LogP contribution < -0.4 is 14.8 Å². The van der Waals surface area contributed by atoms with E-state index in [2.05, 4.69) is 14.8 Å². The molecular weight excluding hydrogens is 374 g/mol. The molecule has 10 heteroatoms. The van der Waals surface area contributed by atoms with E-state index >= 15 is 0 Å². The summed E-state index contributed by atoms with van der Waals surface area (Å²) in [5.41, 5.74) is 0. The van der Waals surface area contributed by atoms with Gasteiger partial charge in [0.1, 0.15) is 0 Å². The summed E-state index contributed by atoms with van der Waals surface area (Å²) in [6, 6.07) is 5.36. The zero-order valence-electron chi connectivity index (χ0n) is 13.1. The van der Waals surface area contributed by atoms with E-state index in [9.17, 15) is 16.8 Å². The lowest BCUT2D eigenvalue weighted by Crippen LogP contribution is -2.42. The number of halogens is 1. The highest BCUT2D eigenvalue weighted by molar-refractivity contribution is 7.90. The third-order valence-electron chi connectivity index (χ3n) is 3.99. The molecule has 1 saturated carbocycles. The van der Waals surface area contributed by atoms with Gasteiger partial charge >= 0.3 is 0 Å². The van der Waals surface area contributed by atoms with Crippen LogP contribution in [0.15, 0.2) is 34.1 Å². The van der Waals surface area contributed by atoms with Crippen LogP contribution >= 0.6 is 12.4 Å². The van der Waals surface area contributed by atoms with Crippen molar-refractivity contribution in [3.63, 3.8) is 0 Å². The third kappa shape index (κ3) is 4.90. The van der Waals surface area contributed by atoms with E-state index in [0.29, 0.717) is 0 Å². The van der Waals surface area contributed by atoms with Gasteiger partial charge in [-0.3, -0.25) is 0 Å². The molecule has 0 atom stereocenters. The van der Waals surface area contributed by atoms with Gasteiger partial charge in [-0.25, -0.2) is 26.3 Å². The highest BCUT2D eigenvalue weighted by Crippen LogP contribution is 2.23. The van der Waals surface area contributed by atoms with Crippen molar-refractivity contribution in [2.24, 2.45) is 0 Å². The summed E-state index contributed by atoms with van der Waals surface area (Å²) < 4.78 is 54.6. The standard InChI is InChI=1S/C14H21N3O4S2.ClH/c18-22(19,16-11-4-5-11)13-2-1-3-14(10-13)23(20,21)17-12-6-8-15-9-7-12;/h1-3,10-12,15-17H,4-9H2;1H. The first-order valence-electron chi connectivity index (χ1n) is 7.72. The summed E-state index contributed by atoms with van der Waals surface area (Å²) in [5.74, 6) is 0. The minimum Gasteiger partial charge on any atom is -0.317 e. The van der Waals surface area contributed by atoms with Crippen LogP contribution in [0.3, 0.4) is 0 Å². The monoisotopic (exact) mass is 395 g/mol. The number of hydrogen-bond donors (Lipinski definition) is 3. The molecule has 2 fully saturated rings. The van der Waals surface area contributed by atoms with E-state index < -0.39 is 20.0 Å². The van der Waals surface area contributed by atoms with E-state index in [4.69, 9.17) is 0 Å². The number of sulfonamides is 2. The fourth-order valence-corrected chi connectivity index (χ4v) is 5.30. The number of piperidine rings is 1. The van der Waals surface area contributed by atoms with Gasteiger partial charge in [-0.15, -0.1) is 12.4 Å². The van der Waals surface area contributed by atoms with Gasteiger partial charge < -0.3 is 5.32 Å². The molecule has 0 radical (unpaired) electrons. The summed E-state index contributed by atoms with van der Waals surface area (Å²) in [6.07, 6.45) is 3.10. The molecule has 3 N–H and O–H groups in total. The molecule has 0 unspecified atom stereocenters. The maximum Gasteiger partial charge on any atom is 0.240 e. The average molecular weight is 396 g/mol. The van der Waals surface area contributed by atoms with Crippen molar-refractivity contribution in [2.45, 2.75) is 47.6 Å². The van der Waals surface area contributed by atoms with E-state index in [1.807, 2.05) is 0 Å². The Labute approximate surface area is 149 Å². The lowest BCUT2D eigenvalue weighted by atomic mass is 10.1. The molecule has 136 valence electrons. The van der Waals surface area contributed by atoms with Crippen LogP contribution in [0.1, 0.15) is 25.7 Å². The zero-order valence-corrected chi connectivity index (χ0v) is 15.5. The van der Waals surface area contributed by atoms with Crippen LogP contribution in [-0.2, 0) is 20.0 Å². The Hall–Kier alpha value is -0.710. The van der Waals surface area contributed by atoms with Gasteiger partial charge in [0.25, 0.3) is 0 Å². The largest absolute Gasteiger partial charge is 0.317 e. The number of benzene rings is 1. The van der Waals surface area contributed by atoms with Crippen LogP contribution in [0.2, 0.25) is 0 Å². The van der Waals surface area contributed by atoms with Crippen molar-refractivity contribution in [3.05, 3.63) is 24.3 Å². The van der Waals surface area contributed by atoms with Crippen molar-refractivity contribution < 1.29 is 16.8 Å². The summed E-state index contributed by atoms with van der Waals surface area (Å²) in [5, 5.41) is 3.17. The van der Waals surface area contributed by atoms with Crippen molar-refractivity contribution in [1.29, 1.82) is 0 Å². The highest BCUT2D eigenvalue weighted by atomic mass is 35.5. The predicted molar refractivity (Wildman–Crippen MR) is 93.2 cm³/mol. The molecule has 1 heterocycles. The van der Waals surface area contributed by atoms with E-state index in [-0.39, 0.29) is 34.3 Å². The molecule has 7 nitrogen and oxygen atoms in total. The lowest BCUT2D eigenvalue weighted by Gasteiger charge is -2.23. The summed E-state index contributed by atoms with van der Waals surface area (Å²) in [6.45, 7) is 1.54. The number of hydrogen-bond acceptors (Lipinski definition) is 5. The molecule has 0 spiro atoms. The second kappa shape index (κ2) is 7.67. The van der Waals surface area contributed by atoms with Crippen LogP contribution in [-0.4, -0.2) is 42.0 Å². The molecule has 24 heavy (non-hydrogen) atoms. The fourth-order valence-electron chi connectivity index (χ4n) is 2.52. The fraction of sp³-hybridized carbons (Fsp3) is 0.571. The molecule has 3 rings (SSSR count). The highest BCUT2D eigenvalue weighted by Gasteiger charge is 2.29. The minimum atomic E-state index is -3.73. The second-order valence-electron chi connectivity index (χ2n) is 6.02. The smallest absolute Gasteiger partial charge is 0.240 e. The van der Waals surface area contributed by atoms with Gasteiger partial charge in [-0.05, 0) is 57.0 Å². The van der Waals surface area contributed by atoms with Gasteiger partial charge in [-0.2, -0.15) is 0 Å². The van der Waals surface area contributed by atoms with Gasteiger partial charge in [0.15, 0.2) is 0 Å². The van der Waals surface area contributed by atoms with Crippen molar-refractivity contribution in [2.75, 3.05) is 13.1 Å². The topological polar surface area (TPSA) is 104 Å². The average Bonchev–Trinajstić information content (AvgIpc) is 3.31. The maximum atomic E-state index is 12.5. The maximum absolute atomic E-state index is 12.5. The van der Waals surface area contributed by atoms with Crippen LogP contribution in [0, 0.1) is 0 Å². The summed E-state index contributed by atoms with van der Waals surface area (Å²) in [4.78, 5) is -0.0349. The minimum absolute atomic E-state index is 0. The number of rotatable bonds is 6. The molecule has 1 aliphatic heterocycles. The van der Waals surface area contributed by atoms with E-state index in [0.717, 1.165) is 38.8 Å². The van der Waals surface area contributed by atoms with Crippen LogP contribution in [0.5, 0.6) is 0 Å². The molecule has 1 aromatic rings. The van der Waals surface area contributed by atoms with Gasteiger partial charge in [-0.1, -0.05) is 6.07 Å². The Morgan fingerprint density at radius 1 is 0.833 bits per heavy atom. The first-order chi connectivity index (χ1) is 10.9. The van der Waals surface area contributed by atoms with Crippen molar-refractivity contribution >= 4 is 32.5 Å². The summed E-state index contributed by atoms with van der Waals surface area (Å²) in [7, 11) is -7.39. The second-order valence-corrected chi connectivity index (χ2v) is 9.44. The Balaban J connectivity index is 0.00000208. The lowest BCUT2D eigenvalue weighted by molar-refractivity contribution is 0.427. The first kappa shape index (κ1) is 19.6. The number of nitrogens with one attached hydrogen (secondary N) is 3. The van der Waals surface area contributed by atoms with Gasteiger partial charge in [0.2, 0.25) is 20.0 Å². The molecular formula is C14H22ClN3O4S2. The van der Waals surface area contributed by atoms with Crippen LogP contribution in [0.4, 0.5) is 0 Å². The Bertz CT molecular complexity index is 773. The molecule has 2 aliphatic rings. The Kier molecular flexibility index (Phi) is 6.27.